The molecule has 3 aromatic rings. The number of nitrogens with zero attached hydrogens (tertiary/aromatic N) is 2. The van der Waals surface area contributed by atoms with Crippen LogP contribution in [-0.2, 0) is 24.3 Å². The highest BCUT2D eigenvalue weighted by atomic mass is 79.9. The summed E-state index contributed by atoms with van der Waals surface area (Å²) in [5, 5.41) is 12.0. The Morgan fingerprint density at radius 1 is 1.18 bits per heavy atom. The molecular formula is C25H30BrN3O3S. The Bertz CT molecular complexity index is 1180. The van der Waals surface area contributed by atoms with E-state index in [1.165, 1.54) is 0 Å². The number of amides is 1. The van der Waals surface area contributed by atoms with Gasteiger partial charge in [-0.25, -0.2) is 9.78 Å². The summed E-state index contributed by atoms with van der Waals surface area (Å²) in [7, 11) is 0. The number of carboxylic acids is 1. The summed E-state index contributed by atoms with van der Waals surface area (Å²) in [4.78, 5) is 28.6. The second-order valence-corrected chi connectivity index (χ2v) is 9.76. The Labute approximate surface area is 208 Å². The van der Waals surface area contributed by atoms with Gasteiger partial charge in [0, 0.05) is 24.0 Å². The number of aromatic carboxylic acids is 1. The molecule has 8 heteroatoms. The summed E-state index contributed by atoms with van der Waals surface area (Å²) < 4.78 is 2.75. The Kier molecular flexibility index (Phi) is 8.59. The summed E-state index contributed by atoms with van der Waals surface area (Å²) in [6.45, 7) is 7.21. The molecule has 33 heavy (non-hydrogen) atoms. The zero-order valence-corrected chi connectivity index (χ0v) is 21.7. The van der Waals surface area contributed by atoms with Crippen LogP contribution in [0.3, 0.4) is 0 Å². The van der Waals surface area contributed by atoms with E-state index in [4.69, 9.17) is 4.98 Å². The SMILES string of the molecule is CCCc1nc2c(C)cc(CNC(=O)[C@H](S)CCC)cc2n1Cc1ccc(C(=O)O)c(Br)c1. The van der Waals surface area contributed by atoms with E-state index in [-0.39, 0.29) is 16.7 Å². The highest BCUT2D eigenvalue weighted by Gasteiger charge is 2.17. The first-order valence-corrected chi connectivity index (χ1v) is 12.5. The van der Waals surface area contributed by atoms with E-state index in [0.717, 1.165) is 59.2 Å². The quantitative estimate of drug-likeness (QED) is 0.300. The largest absolute Gasteiger partial charge is 0.478 e. The Hall–Kier alpha value is -2.32. The Balaban J connectivity index is 1.95. The molecule has 1 aromatic heterocycles. The number of halogens is 1. The van der Waals surface area contributed by atoms with Crippen LogP contribution in [0.4, 0.5) is 0 Å². The number of nitrogens with one attached hydrogen (secondary N) is 1. The highest BCUT2D eigenvalue weighted by Crippen LogP contribution is 2.26. The predicted molar refractivity (Wildman–Crippen MR) is 138 cm³/mol. The van der Waals surface area contributed by atoms with Gasteiger partial charge in [0.1, 0.15) is 5.82 Å². The molecule has 0 fully saturated rings. The molecule has 0 spiro atoms. The average molecular weight is 533 g/mol. The van der Waals surface area contributed by atoms with Crippen LogP contribution in [0, 0.1) is 6.92 Å². The molecule has 2 aromatic carbocycles. The molecule has 2 N–H and O–H groups in total. The number of benzene rings is 2. The molecule has 3 rings (SSSR count). The van der Waals surface area contributed by atoms with Crippen molar-refractivity contribution in [2.24, 2.45) is 0 Å². The number of aryl methyl sites for hydroxylation is 2. The van der Waals surface area contributed by atoms with Gasteiger partial charge in [-0.3, -0.25) is 4.79 Å². The molecule has 0 aliphatic carbocycles. The maximum atomic E-state index is 12.3. The lowest BCUT2D eigenvalue weighted by Gasteiger charge is -2.13. The van der Waals surface area contributed by atoms with E-state index in [1.54, 1.807) is 6.07 Å². The first-order chi connectivity index (χ1) is 15.7. The van der Waals surface area contributed by atoms with Gasteiger partial charge >= 0.3 is 5.97 Å². The zero-order valence-electron chi connectivity index (χ0n) is 19.2. The molecule has 176 valence electrons. The van der Waals surface area contributed by atoms with Gasteiger partial charge in [-0.2, -0.15) is 12.6 Å². The minimum Gasteiger partial charge on any atom is -0.478 e. The summed E-state index contributed by atoms with van der Waals surface area (Å²) in [6, 6.07) is 9.47. The minimum absolute atomic E-state index is 0.0542. The summed E-state index contributed by atoms with van der Waals surface area (Å²) in [5.41, 5.74) is 5.26. The topological polar surface area (TPSA) is 84.2 Å². The van der Waals surface area contributed by atoms with Gasteiger partial charge in [0.2, 0.25) is 5.91 Å². The smallest absolute Gasteiger partial charge is 0.336 e. The number of rotatable bonds is 10. The standard InChI is InChI=1S/C25H30BrN3O3S/c1-4-6-21(33)24(30)27-13-17-10-15(3)23-20(12-17)29(22(28-23)7-5-2)14-16-8-9-18(25(31)32)19(26)11-16/h8-12,21,33H,4-7,13-14H2,1-3H3,(H,27,30)(H,31,32)/t21-/m1/s1. The van der Waals surface area contributed by atoms with Crippen molar-refractivity contribution in [1.29, 1.82) is 0 Å². The molecule has 1 atom stereocenters. The number of hydrogen-bond donors (Lipinski definition) is 3. The number of carboxylic acid groups (broad SMARTS) is 1. The fraction of sp³-hybridized carbons (Fsp3) is 0.400. The van der Waals surface area contributed by atoms with E-state index >= 15 is 0 Å². The van der Waals surface area contributed by atoms with E-state index in [0.29, 0.717) is 17.6 Å². The van der Waals surface area contributed by atoms with Crippen molar-refractivity contribution in [3.63, 3.8) is 0 Å². The van der Waals surface area contributed by atoms with Crippen LogP contribution in [0.1, 0.15) is 66.0 Å². The van der Waals surface area contributed by atoms with Gasteiger partial charge in [0.05, 0.1) is 21.8 Å². The first kappa shape index (κ1) is 25.3. The summed E-state index contributed by atoms with van der Waals surface area (Å²) in [6.07, 6.45) is 3.46. The van der Waals surface area contributed by atoms with Crippen LogP contribution < -0.4 is 5.32 Å². The third-order valence-corrected chi connectivity index (χ3v) is 6.74. The molecule has 0 aliphatic heterocycles. The lowest BCUT2D eigenvalue weighted by molar-refractivity contribution is -0.120. The molecule has 0 bridgehead atoms. The molecule has 0 unspecified atom stereocenters. The van der Waals surface area contributed by atoms with Crippen molar-refractivity contribution in [1.82, 2.24) is 14.9 Å². The van der Waals surface area contributed by atoms with Crippen LogP contribution in [0.2, 0.25) is 0 Å². The maximum absolute atomic E-state index is 12.3. The minimum atomic E-state index is -0.960. The Morgan fingerprint density at radius 3 is 2.58 bits per heavy atom. The van der Waals surface area contributed by atoms with Gasteiger partial charge in [0.25, 0.3) is 0 Å². The van der Waals surface area contributed by atoms with Crippen molar-refractivity contribution in [2.75, 3.05) is 0 Å². The Morgan fingerprint density at radius 2 is 1.94 bits per heavy atom. The third kappa shape index (κ3) is 5.98. The lowest BCUT2D eigenvalue weighted by atomic mass is 10.1. The van der Waals surface area contributed by atoms with Crippen molar-refractivity contribution in [2.45, 2.75) is 64.8 Å². The molecule has 1 amide bonds. The van der Waals surface area contributed by atoms with E-state index < -0.39 is 5.97 Å². The summed E-state index contributed by atoms with van der Waals surface area (Å²) >= 11 is 7.77. The van der Waals surface area contributed by atoms with Gasteiger partial charge in [-0.15, -0.1) is 0 Å². The fourth-order valence-electron chi connectivity index (χ4n) is 3.93. The maximum Gasteiger partial charge on any atom is 0.336 e. The molecule has 1 heterocycles. The van der Waals surface area contributed by atoms with Crippen LogP contribution in [0.25, 0.3) is 11.0 Å². The molecule has 0 aliphatic rings. The number of aromatic nitrogens is 2. The second-order valence-electron chi connectivity index (χ2n) is 8.29. The van der Waals surface area contributed by atoms with Crippen molar-refractivity contribution < 1.29 is 14.7 Å². The van der Waals surface area contributed by atoms with Crippen LogP contribution in [-0.4, -0.2) is 31.8 Å². The van der Waals surface area contributed by atoms with Gasteiger partial charge in [0.15, 0.2) is 0 Å². The molecule has 0 saturated carbocycles. The number of carbonyl (C=O) groups is 2. The number of carbonyl (C=O) groups excluding carboxylic acids is 1. The van der Waals surface area contributed by atoms with E-state index in [1.807, 2.05) is 26.0 Å². The predicted octanol–water partition coefficient (Wildman–Crippen LogP) is 5.52. The molecule has 6 nitrogen and oxygen atoms in total. The summed E-state index contributed by atoms with van der Waals surface area (Å²) in [5.74, 6) is -0.0204. The zero-order chi connectivity index (χ0) is 24.1. The number of fused-ring (bicyclic) bond motifs is 1. The third-order valence-electron chi connectivity index (χ3n) is 5.59. The van der Waals surface area contributed by atoms with Gasteiger partial charge in [-0.1, -0.05) is 32.4 Å². The number of imidazole rings is 1. The normalized spacial score (nSPS) is 12.2. The fourth-order valence-corrected chi connectivity index (χ4v) is 4.88. The average Bonchev–Trinajstić information content (AvgIpc) is 3.10. The first-order valence-electron chi connectivity index (χ1n) is 11.2. The molecular weight excluding hydrogens is 502 g/mol. The number of thiol groups is 1. The second kappa shape index (κ2) is 11.2. The van der Waals surface area contributed by atoms with Crippen molar-refractivity contribution >= 4 is 51.5 Å². The van der Waals surface area contributed by atoms with Crippen LogP contribution in [0.5, 0.6) is 0 Å². The molecule has 0 radical (unpaired) electrons. The van der Waals surface area contributed by atoms with Gasteiger partial charge in [-0.05, 0) is 70.6 Å². The van der Waals surface area contributed by atoms with Gasteiger partial charge < -0.3 is 15.0 Å². The van der Waals surface area contributed by atoms with E-state index in [2.05, 4.69) is 57.5 Å². The van der Waals surface area contributed by atoms with Crippen molar-refractivity contribution in [3.8, 4) is 0 Å². The monoisotopic (exact) mass is 531 g/mol. The number of hydrogen-bond acceptors (Lipinski definition) is 4. The van der Waals surface area contributed by atoms with Crippen LogP contribution in [0.15, 0.2) is 34.8 Å². The highest BCUT2D eigenvalue weighted by molar-refractivity contribution is 9.10. The van der Waals surface area contributed by atoms with Crippen LogP contribution >= 0.6 is 28.6 Å². The molecule has 0 saturated heterocycles. The van der Waals surface area contributed by atoms with E-state index in [9.17, 15) is 14.7 Å². The van der Waals surface area contributed by atoms with Crippen molar-refractivity contribution in [3.05, 3.63) is 62.9 Å². The lowest BCUT2D eigenvalue weighted by Crippen LogP contribution is -2.30.